The van der Waals surface area contributed by atoms with Gasteiger partial charge in [0.25, 0.3) is 0 Å². The van der Waals surface area contributed by atoms with E-state index in [4.69, 9.17) is 15.2 Å². The number of rotatable bonds is 2. The predicted molar refractivity (Wildman–Crippen MR) is 76.0 cm³/mol. The molecule has 3 rings (SSSR count). The zero-order chi connectivity index (χ0) is 14.1. The number of methoxy groups -OCH3 is 1. The molecular weight excluding hydrogens is 254 g/mol. The number of ether oxygens (including phenoxy) is 2. The molecule has 0 radical (unpaired) electrons. The lowest BCUT2D eigenvalue weighted by atomic mass is 9.93. The van der Waals surface area contributed by atoms with Crippen molar-refractivity contribution in [1.29, 1.82) is 0 Å². The molecule has 0 aromatic heterocycles. The first kappa shape index (κ1) is 12.8. The fourth-order valence-electron chi connectivity index (χ4n) is 2.50. The second-order valence-electron chi connectivity index (χ2n) is 4.94. The third-order valence-corrected chi connectivity index (χ3v) is 3.62. The minimum atomic E-state index is -0.106. The average molecular weight is 271 g/mol. The van der Waals surface area contributed by atoms with Crippen molar-refractivity contribution >= 4 is 0 Å². The summed E-state index contributed by atoms with van der Waals surface area (Å²) in [5.74, 6) is 1.76. The summed E-state index contributed by atoms with van der Waals surface area (Å²) in [6.45, 7) is 0. The Labute approximate surface area is 117 Å². The van der Waals surface area contributed by atoms with Gasteiger partial charge in [-0.25, -0.2) is 0 Å². The van der Waals surface area contributed by atoms with Crippen molar-refractivity contribution in [2.24, 2.45) is 5.73 Å². The van der Waals surface area contributed by atoms with Crippen molar-refractivity contribution in [3.63, 3.8) is 0 Å². The number of phenolic OH excluding ortho intramolecular Hbond substituents is 1. The molecule has 20 heavy (non-hydrogen) atoms. The van der Waals surface area contributed by atoms with Gasteiger partial charge < -0.3 is 20.3 Å². The number of fused-ring (bicyclic) bond motifs is 1. The van der Waals surface area contributed by atoms with Gasteiger partial charge >= 0.3 is 0 Å². The topological polar surface area (TPSA) is 64.7 Å². The first-order valence-corrected chi connectivity index (χ1v) is 6.56. The molecule has 2 aromatic rings. The van der Waals surface area contributed by atoms with Crippen LogP contribution in [0.5, 0.6) is 17.2 Å². The number of aromatic hydroxyl groups is 1. The van der Waals surface area contributed by atoms with Crippen molar-refractivity contribution in [3.05, 3.63) is 53.6 Å². The summed E-state index contributed by atoms with van der Waals surface area (Å²) in [6, 6.07) is 12.7. The number of phenols is 1. The highest BCUT2D eigenvalue weighted by atomic mass is 16.5. The van der Waals surface area contributed by atoms with Crippen LogP contribution < -0.4 is 15.2 Å². The van der Waals surface area contributed by atoms with Crippen molar-refractivity contribution < 1.29 is 14.6 Å². The lowest BCUT2D eigenvalue weighted by molar-refractivity contribution is 0.161. The first-order valence-electron chi connectivity index (χ1n) is 6.56. The summed E-state index contributed by atoms with van der Waals surface area (Å²) in [6.07, 6.45) is 0.606. The van der Waals surface area contributed by atoms with Gasteiger partial charge in [0.15, 0.2) is 0 Å². The Morgan fingerprint density at radius 1 is 1.20 bits per heavy atom. The average Bonchev–Trinajstić information content (AvgIpc) is 2.47. The Hall–Kier alpha value is -2.20. The fraction of sp³-hybridized carbons (Fsp3) is 0.250. The summed E-state index contributed by atoms with van der Waals surface area (Å²) >= 11 is 0. The summed E-state index contributed by atoms with van der Waals surface area (Å²) in [5, 5.41) is 9.35. The summed E-state index contributed by atoms with van der Waals surface area (Å²) in [4.78, 5) is 0. The highest BCUT2D eigenvalue weighted by Gasteiger charge is 2.27. The van der Waals surface area contributed by atoms with E-state index >= 15 is 0 Å². The Kier molecular flexibility index (Phi) is 3.24. The number of nitrogens with two attached hydrogens (primary N) is 1. The van der Waals surface area contributed by atoms with Crippen LogP contribution in [0.25, 0.3) is 0 Å². The van der Waals surface area contributed by atoms with E-state index in [2.05, 4.69) is 0 Å². The maximum atomic E-state index is 9.35. The van der Waals surface area contributed by atoms with E-state index in [-0.39, 0.29) is 17.9 Å². The second kappa shape index (κ2) is 5.06. The van der Waals surface area contributed by atoms with Gasteiger partial charge in [-0.05, 0) is 23.8 Å². The van der Waals surface area contributed by atoms with E-state index in [9.17, 15) is 5.11 Å². The molecule has 1 heterocycles. The van der Waals surface area contributed by atoms with Gasteiger partial charge in [-0.15, -0.1) is 0 Å². The molecule has 0 bridgehead atoms. The van der Waals surface area contributed by atoms with Crippen molar-refractivity contribution in [2.45, 2.75) is 18.6 Å². The molecule has 1 aliphatic heterocycles. The van der Waals surface area contributed by atoms with Crippen LogP contribution in [0, 0.1) is 0 Å². The maximum Gasteiger partial charge on any atom is 0.128 e. The first-order chi connectivity index (χ1) is 9.67. The Bertz CT molecular complexity index is 610. The molecule has 104 valence electrons. The zero-order valence-corrected chi connectivity index (χ0v) is 11.2. The van der Waals surface area contributed by atoms with Gasteiger partial charge in [0.05, 0.1) is 7.11 Å². The quantitative estimate of drug-likeness (QED) is 0.881. The predicted octanol–water partition coefficient (Wildman–Crippen LogP) is 2.92. The van der Waals surface area contributed by atoms with E-state index in [1.165, 1.54) is 0 Å². The minimum Gasteiger partial charge on any atom is -0.508 e. The summed E-state index contributed by atoms with van der Waals surface area (Å²) < 4.78 is 11.2. The van der Waals surface area contributed by atoms with Gasteiger partial charge in [-0.3, -0.25) is 0 Å². The van der Waals surface area contributed by atoms with E-state index in [0.29, 0.717) is 6.42 Å². The molecule has 2 aromatic carbocycles. The fourth-order valence-corrected chi connectivity index (χ4v) is 2.50. The van der Waals surface area contributed by atoms with Gasteiger partial charge in [0, 0.05) is 24.1 Å². The van der Waals surface area contributed by atoms with Crippen LogP contribution in [0.1, 0.15) is 29.7 Å². The van der Waals surface area contributed by atoms with Gasteiger partial charge in [0.2, 0.25) is 0 Å². The number of benzene rings is 2. The molecule has 4 heteroatoms. The molecular formula is C16H17NO3. The van der Waals surface area contributed by atoms with E-state index in [1.54, 1.807) is 19.2 Å². The van der Waals surface area contributed by atoms with Crippen LogP contribution in [0.3, 0.4) is 0 Å². The van der Waals surface area contributed by atoms with Crippen LogP contribution >= 0.6 is 0 Å². The van der Waals surface area contributed by atoms with E-state index in [0.717, 1.165) is 22.6 Å². The van der Waals surface area contributed by atoms with Crippen molar-refractivity contribution in [3.8, 4) is 17.2 Å². The summed E-state index contributed by atoms with van der Waals surface area (Å²) in [5.41, 5.74) is 8.23. The normalized spacial score (nSPS) is 20.9. The molecule has 0 spiro atoms. The van der Waals surface area contributed by atoms with Crippen molar-refractivity contribution in [2.75, 3.05) is 7.11 Å². The Morgan fingerprint density at radius 3 is 2.65 bits per heavy atom. The Balaban J connectivity index is 1.92. The molecule has 1 aliphatic rings. The van der Waals surface area contributed by atoms with E-state index in [1.807, 2.05) is 30.3 Å². The highest BCUT2D eigenvalue weighted by Crippen LogP contribution is 2.41. The Morgan fingerprint density at radius 2 is 1.95 bits per heavy atom. The standard InChI is InChI=1S/C16H17NO3/c1-19-12-6-7-13-14(17)9-15(20-16(13)8-12)10-2-4-11(18)5-3-10/h2-8,14-15,18H,9,17H2,1H3. The van der Waals surface area contributed by atoms with Gasteiger partial charge in [0.1, 0.15) is 23.4 Å². The number of hydrogen-bond donors (Lipinski definition) is 2. The minimum absolute atomic E-state index is 0.0662. The zero-order valence-electron chi connectivity index (χ0n) is 11.2. The number of hydrogen-bond acceptors (Lipinski definition) is 4. The molecule has 3 N–H and O–H groups in total. The molecule has 0 fully saturated rings. The van der Waals surface area contributed by atoms with Crippen LogP contribution in [-0.2, 0) is 0 Å². The van der Waals surface area contributed by atoms with Crippen LogP contribution in [-0.4, -0.2) is 12.2 Å². The largest absolute Gasteiger partial charge is 0.508 e. The van der Waals surface area contributed by atoms with Gasteiger partial charge in [-0.1, -0.05) is 18.2 Å². The monoisotopic (exact) mass is 271 g/mol. The lowest BCUT2D eigenvalue weighted by Gasteiger charge is -2.30. The molecule has 0 saturated heterocycles. The third kappa shape index (κ3) is 2.30. The second-order valence-corrected chi connectivity index (χ2v) is 4.94. The molecule has 2 atom stereocenters. The molecule has 4 nitrogen and oxygen atoms in total. The maximum absolute atomic E-state index is 9.35. The molecule has 0 amide bonds. The molecule has 2 unspecified atom stereocenters. The highest BCUT2D eigenvalue weighted by molar-refractivity contribution is 5.44. The van der Waals surface area contributed by atoms with Crippen LogP contribution in [0.4, 0.5) is 0 Å². The lowest BCUT2D eigenvalue weighted by Crippen LogP contribution is -2.24. The van der Waals surface area contributed by atoms with Gasteiger partial charge in [-0.2, -0.15) is 0 Å². The van der Waals surface area contributed by atoms with Crippen LogP contribution in [0.15, 0.2) is 42.5 Å². The summed E-state index contributed by atoms with van der Waals surface area (Å²) in [7, 11) is 1.63. The smallest absolute Gasteiger partial charge is 0.128 e. The van der Waals surface area contributed by atoms with E-state index < -0.39 is 0 Å². The SMILES string of the molecule is COc1ccc2c(c1)OC(c1ccc(O)cc1)CC2N. The van der Waals surface area contributed by atoms with Crippen LogP contribution in [0.2, 0.25) is 0 Å². The molecule has 0 saturated carbocycles. The third-order valence-electron chi connectivity index (χ3n) is 3.62. The van der Waals surface area contributed by atoms with Crippen molar-refractivity contribution in [1.82, 2.24) is 0 Å². The molecule has 0 aliphatic carbocycles.